The van der Waals surface area contributed by atoms with Crippen molar-refractivity contribution in [1.29, 1.82) is 0 Å². The lowest BCUT2D eigenvalue weighted by molar-refractivity contribution is -0.137. The first kappa shape index (κ1) is 24.7. The predicted octanol–water partition coefficient (Wildman–Crippen LogP) is -0.400. The SMILES string of the molecule is [B]c1cc(OCc2ccc(CN3CCOCC3)cc2)c2c(c1)C(=O)N(C1CCC(=O)NC1=O)C2([B])[B]. The van der Waals surface area contributed by atoms with E-state index >= 15 is 0 Å². The number of ether oxygens (including phenoxy) is 2. The summed E-state index contributed by atoms with van der Waals surface area (Å²) in [6.45, 7) is 4.40. The fourth-order valence-corrected chi connectivity index (χ4v) is 5.00. The number of nitrogens with zero attached hydrogens (tertiary/aromatic N) is 2. The molecule has 3 aliphatic heterocycles. The number of hydrogen-bond acceptors (Lipinski definition) is 6. The first-order chi connectivity index (χ1) is 17.2. The fourth-order valence-electron chi connectivity index (χ4n) is 5.00. The van der Waals surface area contributed by atoms with Crippen LogP contribution in [-0.4, -0.2) is 83.4 Å². The van der Waals surface area contributed by atoms with Crippen molar-refractivity contribution in [2.75, 3.05) is 26.3 Å². The van der Waals surface area contributed by atoms with Gasteiger partial charge in [-0.1, -0.05) is 35.8 Å². The smallest absolute Gasteiger partial charge is 0.254 e. The minimum Gasteiger partial charge on any atom is -0.489 e. The van der Waals surface area contributed by atoms with Crippen LogP contribution in [0.2, 0.25) is 0 Å². The molecular formula is C25H24B3N3O5. The van der Waals surface area contributed by atoms with Gasteiger partial charge in [0, 0.05) is 37.2 Å². The Bertz CT molecular complexity index is 1200. The Morgan fingerprint density at radius 1 is 1.06 bits per heavy atom. The summed E-state index contributed by atoms with van der Waals surface area (Å²) in [7, 11) is 19.0. The van der Waals surface area contributed by atoms with E-state index in [1.54, 1.807) is 6.07 Å². The molecule has 1 unspecified atom stereocenters. The number of fused-ring (bicyclic) bond motifs is 1. The lowest BCUT2D eigenvalue weighted by Crippen LogP contribution is -2.59. The number of nitrogens with one attached hydrogen (secondary N) is 1. The van der Waals surface area contributed by atoms with Gasteiger partial charge in [-0.05, 0) is 29.0 Å². The zero-order valence-corrected chi connectivity index (χ0v) is 19.9. The summed E-state index contributed by atoms with van der Waals surface area (Å²) in [4.78, 5) is 40.8. The van der Waals surface area contributed by atoms with Crippen LogP contribution in [-0.2, 0) is 32.8 Å². The first-order valence-electron chi connectivity index (χ1n) is 11.9. The third-order valence-electron chi connectivity index (χ3n) is 6.82. The number of imide groups is 1. The van der Waals surface area contributed by atoms with Gasteiger partial charge in [0.05, 0.1) is 28.9 Å². The Morgan fingerprint density at radius 3 is 2.44 bits per heavy atom. The molecule has 5 rings (SSSR count). The number of benzene rings is 2. The Morgan fingerprint density at radius 2 is 1.75 bits per heavy atom. The Kier molecular flexibility index (Phi) is 6.70. The predicted molar refractivity (Wildman–Crippen MR) is 134 cm³/mol. The first-order valence-corrected chi connectivity index (χ1v) is 11.9. The van der Waals surface area contributed by atoms with E-state index in [4.69, 9.17) is 33.0 Å². The molecule has 11 heteroatoms. The average molecular weight is 479 g/mol. The van der Waals surface area contributed by atoms with Gasteiger partial charge >= 0.3 is 0 Å². The van der Waals surface area contributed by atoms with E-state index in [1.165, 1.54) is 11.6 Å². The topological polar surface area (TPSA) is 88.2 Å². The number of rotatable bonds is 6. The van der Waals surface area contributed by atoms with E-state index in [9.17, 15) is 14.4 Å². The van der Waals surface area contributed by atoms with Gasteiger partial charge in [-0.15, -0.1) is 0 Å². The van der Waals surface area contributed by atoms with Crippen LogP contribution in [0.3, 0.4) is 0 Å². The molecule has 3 amide bonds. The summed E-state index contributed by atoms with van der Waals surface area (Å²) in [6.07, 6.45) is 0.211. The molecule has 2 aromatic rings. The second kappa shape index (κ2) is 9.79. The fraction of sp³-hybridized carbons (Fsp3) is 0.400. The molecule has 2 fully saturated rings. The van der Waals surface area contributed by atoms with Crippen LogP contribution in [0.1, 0.15) is 39.9 Å². The Balaban J connectivity index is 1.34. The van der Waals surface area contributed by atoms with E-state index in [0.717, 1.165) is 43.3 Å². The van der Waals surface area contributed by atoms with Crippen molar-refractivity contribution >= 4 is 46.7 Å². The molecule has 0 bridgehead atoms. The van der Waals surface area contributed by atoms with Crippen LogP contribution in [0.25, 0.3) is 0 Å². The normalized spacial score (nSPS) is 21.8. The quantitative estimate of drug-likeness (QED) is 0.449. The van der Waals surface area contributed by atoms with Gasteiger partial charge in [-0.3, -0.25) is 24.6 Å². The third kappa shape index (κ3) is 4.69. The molecule has 0 saturated carbocycles. The highest BCUT2D eigenvalue weighted by atomic mass is 16.5. The second-order valence-electron chi connectivity index (χ2n) is 9.40. The number of carbonyl (C=O) groups excluding carboxylic acids is 3. The van der Waals surface area contributed by atoms with Gasteiger partial charge in [0.15, 0.2) is 0 Å². The molecule has 2 saturated heterocycles. The molecule has 3 aliphatic rings. The van der Waals surface area contributed by atoms with Gasteiger partial charge in [0.25, 0.3) is 5.91 Å². The molecule has 3 heterocycles. The second-order valence-corrected chi connectivity index (χ2v) is 9.40. The van der Waals surface area contributed by atoms with Gasteiger partial charge in [0.1, 0.15) is 26.2 Å². The molecule has 0 aliphatic carbocycles. The maximum atomic E-state index is 13.3. The highest BCUT2D eigenvalue weighted by Crippen LogP contribution is 2.42. The number of amides is 3. The van der Waals surface area contributed by atoms with E-state index in [0.29, 0.717) is 5.46 Å². The zero-order chi connectivity index (χ0) is 25.4. The highest BCUT2D eigenvalue weighted by Gasteiger charge is 2.50. The standard InChI is InChI=1S/C25H24B3N3O5/c26-17-11-18-22(25(27,28)31(24(18)34)19-5-6-21(32)29-23(19)33)20(12-17)36-14-16-3-1-15(2-4-16)13-30-7-9-35-10-8-30/h1-4,11-12,19H,5-10,13-14H2,(H,29,32,33). The minimum absolute atomic E-state index is 0.0830. The lowest BCUT2D eigenvalue weighted by atomic mass is 9.57. The summed E-state index contributed by atoms with van der Waals surface area (Å²) in [6, 6.07) is 10.2. The van der Waals surface area contributed by atoms with Crippen LogP contribution in [0, 0.1) is 0 Å². The number of morpholine rings is 1. The van der Waals surface area contributed by atoms with Crippen molar-refractivity contribution in [3.05, 3.63) is 58.7 Å². The van der Waals surface area contributed by atoms with Gasteiger partial charge < -0.3 is 14.4 Å². The van der Waals surface area contributed by atoms with E-state index in [1.807, 2.05) is 12.1 Å². The highest BCUT2D eigenvalue weighted by molar-refractivity contribution is 6.44. The number of hydrogen-bond donors (Lipinski definition) is 1. The van der Waals surface area contributed by atoms with Gasteiger partial charge in [0.2, 0.25) is 11.8 Å². The van der Waals surface area contributed by atoms with Crippen LogP contribution >= 0.6 is 0 Å². The molecular weight excluding hydrogens is 455 g/mol. The number of piperidine rings is 1. The summed E-state index contributed by atoms with van der Waals surface area (Å²) >= 11 is 0. The zero-order valence-electron chi connectivity index (χ0n) is 19.9. The molecule has 178 valence electrons. The number of carbonyl (C=O) groups is 3. The molecule has 1 atom stereocenters. The van der Waals surface area contributed by atoms with Crippen molar-refractivity contribution in [3.63, 3.8) is 0 Å². The maximum Gasteiger partial charge on any atom is 0.254 e. The molecule has 0 spiro atoms. The van der Waals surface area contributed by atoms with Crippen molar-refractivity contribution in [2.45, 2.75) is 37.4 Å². The van der Waals surface area contributed by atoms with E-state index in [-0.39, 0.29) is 36.3 Å². The summed E-state index contributed by atoms with van der Waals surface area (Å²) in [5.41, 5.74) is 2.86. The Labute approximate surface area is 213 Å². The Hall–Kier alpha value is -3.04. The maximum absolute atomic E-state index is 13.3. The minimum atomic E-state index is -1.82. The molecule has 2 aromatic carbocycles. The molecule has 8 nitrogen and oxygen atoms in total. The van der Waals surface area contributed by atoms with Crippen molar-refractivity contribution in [1.82, 2.24) is 15.1 Å². The van der Waals surface area contributed by atoms with Gasteiger partial charge in [-0.25, -0.2) is 0 Å². The van der Waals surface area contributed by atoms with Crippen molar-refractivity contribution in [2.24, 2.45) is 0 Å². The third-order valence-corrected chi connectivity index (χ3v) is 6.82. The average Bonchev–Trinajstić information content (AvgIpc) is 3.04. The van der Waals surface area contributed by atoms with E-state index < -0.39 is 29.1 Å². The van der Waals surface area contributed by atoms with E-state index in [2.05, 4.69) is 22.3 Å². The molecule has 6 radical (unpaired) electrons. The molecule has 36 heavy (non-hydrogen) atoms. The lowest BCUT2D eigenvalue weighted by Gasteiger charge is -2.40. The monoisotopic (exact) mass is 479 g/mol. The molecule has 0 aromatic heterocycles. The summed E-state index contributed by atoms with van der Waals surface area (Å²) in [5, 5.41) is 0.427. The van der Waals surface area contributed by atoms with Crippen molar-refractivity contribution in [3.8, 4) is 5.75 Å². The molecule has 1 N–H and O–H groups in total. The van der Waals surface area contributed by atoms with Crippen LogP contribution in [0.15, 0.2) is 36.4 Å². The van der Waals surface area contributed by atoms with Crippen LogP contribution in [0.5, 0.6) is 5.75 Å². The van der Waals surface area contributed by atoms with Crippen molar-refractivity contribution < 1.29 is 23.9 Å². The van der Waals surface area contributed by atoms with Gasteiger partial charge in [-0.2, -0.15) is 0 Å². The summed E-state index contributed by atoms with van der Waals surface area (Å²) < 4.78 is 11.5. The summed E-state index contributed by atoms with van der Waals surface area (Å²) in [5.74, 6) is -1.27. The van der Waals surface area contributed by atoms with Crippen LogP contribution in [0.4, 0.5) is 0 Å². The van der Waals surface area contributed by atoms with Crippen LogP contribution < -0.4 is 15.5 Å². The largest absolute Gasteiger partial charge is 0.489 e.